The van der Waals surface area contributed by atoms with Crippen LogP contribution in [0, 0.1) is 17.0 Å². The van der Waals surface area contributed by atoms with E-state index in [1.807, 2.05) is 0 Å². The number of nitrogens with one attached hydrogen (secondary N) is 1. The minimum absolute atomic E-state index is 0.0462. The highest BCUT2D eigenvalue weighted by Gasteiger charge is 2.28. The van der Waals surface area contributed by atoms with Crippen LogP contribution in [-0.2, 0) is 10.0 Å². The number of nitro benzene ring substituents is 1. The number of non-ortho nitro benzene ring substituents is 1. The molecule has 3 N–H and O–H groups in total. The lowest BCUT2D eigenvalue weighted by atomic mass is 10.1. The molecule has 0 aliphatic heterocycles. The van der Waals surface area contributed by atoms with Crippen molar-refractivity contribution in [2.45, 2.75) is 30.7 Å². The smallest absolute Gasteiger partial charge is 0.271 e. The van der Waals surface area contributed by atoms with E-state index in [9.17, 15) is 23.3 Å². The van der Waals surface area contributed by atoms with Crippen molar-refractivity contribution in [2.75, 3.05) is 0 Å². The molecule has 1 aliphatic carbocycles. The molecule has 1 fully saturated rings. The van der Waals surface area contributed by atoms with Crippen LogP contribution in [0.1, 0.15) is 28.8 Å². The number of hydrogen-bond donors (Lipinski definition) is 2. The van der Waals surface area contributed by atoms with E-state index in [1.54, 1.807) is 0 Å². The van der Waals surface area contributed by atoms with Crippen molar-refractivity contribution in [2.24, 2.45) is 5.14 Å². The Kier molecular flexibility index (Phi) is 3.48. The minimum atomic E-state index is -4.14. The monoisotopic (exact) mass is 299 g/mol. The fraction of sp³-hybridized carbons (Fsp3) is 0.364. The Hall–Kier alpha value is -2.00. The van der Waals surface area contributed by atoms with Gasteiger partial charge in [0.2, 0.25) is 10.0 Å². The van der Waals surface area contributed by atoms with Crippen LogP contribution < -0.4 is 10.5 Å². The summed E-state index contributed by atoms with van der Waals surface area (Å²) in [6.07, 6.45) is 1.70. The second-order valence-corrected chi connectivity index (χ2v) is 6.20. The number of rotatable bonds is 4. The number of nitro groups is 1. The van der Waals surface area contributed by atoms with E-state index in [2.05, 4.69) is 5.32 Å². The third-order valence-electron chi connectivity index (χ3n) is 3.02. The zero-order chi connectivity index (χ0) is 15.1. The molecule has 1 aromatic rings. The maximum Gasteiger partial charge on any atom is 0.271 e. The molecule has 0 aromatic heterocycles. The summed E-state index contributed by atoms with van der Waals surface area (Å²) in [7, 11) is -4.14. The molecule has 108 valence electrons. The average Bonchev–Trinajstić information content (AvgIpc) is 3.11. The van der Waals surface area contributed by atoms with Gasteiger partial charge < -0.3 is 5.32 Å². The molecular formula is C11H13N3O5S. The fourth-order valence-corrected chi connectivity index (χ4v) is 2.62. The van der Waals surface area contributed by atoms with Crippen molar-refractivity contribution in [1.29, 1.82) is 0 Å². The van der Waals surface area contributed by atoms with Gasteiger partial charge in [0, 0.05) is 18.2 Å². The molecule has 1 amide bonds. The first-order chi connectivity index (χ1) is 9.20. The zero-order valence-corrected chi connectivity index (χ0v) is 11.4. The van der Waals surface area contributed by atoms with Crippen molar-refractivity contribution < 1.29 is 18.1 Å². The first-order valence-corrected chi connectivity index (χ1v) is 7.37. The predicted octanol–water partition coefficient (Wildman–Crippen LogP) is 0.443. The van der Waals surface area contributed by atoms with E-state index in [-0.39, 0.29) is 17.2 Å². The SMILES string of the molecule is Cc1c(C(=O)NC2CC2)cc([N+](=O)[O-])cc1S(N)(=O)=O. The van der Waals surface area contributed by atoms with E-state index in [0.29, 0.717) is 0 Å². The van der Waals surface area contributed by atoms with E-state index in [0.717, 1.165) is 25.0 Å². The van der Waals surface area contributed by atoms with Crippen LogP contribution in [0.5, 0.6) is 0 Å². The van der Waals surface area contributed by atoms with Gasteiger partial charge in [0.15, 0.2) is 0 Å². The van der Waals surface area contributed by atoms with Gasteiger partial charge in [-0.2, -0.15) is 0 Å². The van der Waals surface area contributed by atoms with Gasteiger partial charge in [0.1, 0.15) is 0 Å². The Balaban J connectivity index is 2.56. The highest BCUT2D eigenvalue weighted by atomic mass is 32.2. The Labute approximate surface area is 115 Å². The first-order valence-electron chi connectivity index (χ1n) is 5.83. The summed E-state index contributed by atoms with van der Waals surface area (Å²) in [6.45, 7) is 1.39. The van der Waals surface area contributed by atoms with Crippen LogP contribution in [0.15, 0.2) is 17.0 Å². The summed E-state index contributed by atoms with van der Waals surface area (Å²) in [6, 6.07) is 1.97. The van der Waals surface area contributed by atoms with E-state index in [1.165, 1.54) is 6.92 Å². The largest absolute Gasteiger partial charge is 0.349 e. The molecule has 0 spiro atoms. The molecule has 0 saturated heterocycles. The van der Waals surface area contributed by atoms with Gasteiger partial charge in [-0.05, 0) is 25.3 Å². The maximum absolute atomic E-state index is 12.0. The number of carbonyl (C=O) groups is 1. The summed E-state index contributed by atoms with van der Waals surface area (Å²) in [5, 5.41) is 18.5. The Morgan fingerprint density at radius 1 is 1.45 bits per heavy atom. The molecule has 20 heavy (non-hydrogen) atoms. The third-order valence-corrected chi connectivity index (χ3v) is 4.06. The molecule has 0 radical (unpaired) electrons. The predicted molar refractivity (Wildman–Crippen MR) is 69.7 cm³/mol. The van der Waals surface area contributed by atoms with Crippen LogP contribution in [0.2, 0.25) is 0 Å². The van der Waals surface area contributed by atoms with E-state index in [4.69, 9.17) is 5.14 Å². The molecular weight excluding hydrogens is 286 g/mol. The number of hydrogen-bond acceptors (Lipinski definition) is 5. The molecule has 0 heterocycles. The molecule has 1 saturated carbocycles. The van der Waals surface area contributed by atoms with Gasteiger partial charge in [0.25, 0.3) is 11.6 Å². The van der Waals surface area contributed by atoms with Gasteiger partial charge in [-0.3, -0.25) is 14.9 Å². The molecule has 1 aromatic carbocycles. The summed E-state index contributed by atoms with van der Waals surface area (Å²) >= 11 is 0. The lowest BCUT2D eigenvalue weighted by molar-refractivity contribution is -0.385. The molecule has 0 bridgehead atoms. The number of sulfonamides is 1. The lowest BCUT2D eigenvalue weighted by Gasteiger charge is -2.10. The quantitative estimate of drug-likeness (QED) is 0.615. The van der Waals surface area contributed by atoms with Crippen molar-refractivity contribution >= 4 is 21.6 Å². The Morgan fingerprint density at radius 2 is 2.05 bits per heavy atom. The number of nitrogens with zero attached hydrogens (tertiary/aromatic N) is 1. The number of nitrogens with two attached hydrogens (primary N) is 1. The lowest BCUT2D eigenvalue weighted by Crippen LogP contribution is -2.27. The second-order valence-electron chi connectivity index (χ2n) is 4.67. The van der Waals surface area contributed by atoms with Crippen molar-refractivity contribution in [3.05, 3.63) is 33.4 Å². The average molecular weight is 299 g/mol. The molecule has 8 nitrogen and oxygen atoms in total. The molecule has 9 heteroatoms. The second kappa shape index (κ2) is 4.84. The van der Waals surface area contributed by atoms with Crippen molar-refractivity contribution in [3.63, 3.8) is 0 Å². The summed E-state index contributed by atoms with van der Waals surface area (Å²) < 4.78 is 22.9. The Bertz CT molecular complexity index is 694. The molecule has 1 aliphatic rings. The molecule has 0 atom stereocenters. The summed E-state index contributed by atoms with van der Waals surface area (Å²) in [5.74, 6) is -0.529. The van der Waals surface area contributed by atoms with E-state index >= 15 is 0 Å². The topological polar surface area (TPSA) is 132 Å². The molecule has 0 unspecified atom stereocenters. The normalized spacial score (nSPS) is 14.9. The van der Waals surface area contributed by atoms with Crippen LogP contribution in [0.4, 0.5) is 5.69 Å². The number of benzene rings is 1. The minimum Gasteiger partial charge on any atom is -0.349 e. The van der Waals surface area contributed by atoms with Crippen molar-refractivity contribution in [1.82, 2.24) is 5.32 Å². The van der Waals surface area contributed by atoms with E-state index < -0.39 is 31.4 Å². The number of amides is 1. The van der Waals surface area contributed by atoms with Crippen LogP contribution in [0.25, 0.3) is 0 Å². The molecule has 2 rings (SSSR count). The first kappa shape index (κ1) is 14.4. The highest BCUT2D eigenvalue weighted by Crippen LogP contribution is 2.26. The fourth-order valence-electron chi connectivity index (χ4n) is 1.80. The van der Waals surface area contributed by atoms with Gasteiger partial charge in [0.05, 0.1) is 15.4 Å². The van der Waals surface area contributed by atoms with Gasteiger partial charge in [-0.1, -0.05) is 0 Å². The highest BCUT2D eigenvalue weighted by molar-refractivity contribution is 7.89. The third kappa shape index (κ3) is 2.94. The Morgan fingerprint density at radius 3 is 2.50 bits per heavy atom. The van der Waals surface area contributed by atoms with Gasteiger partial charge in [-0.15, -0.1) is 0 Å². The zero-order valence-electron chi connectivity index (χ0n) is 10.6. The summed E-state index contributed by atoms with van der Waals surface area (Å²) in [4.78, 5) is 21.7. The van der Waals surface area contributed by atoms with Crippen LogP contribution in [-0.4, -0.2) is 25.3 Å². The maximum atomic E-state index is 12.0. The summed E-state index contributed by atoms with van der Waals surface area (Å²) in [5.41, 5.74) is -0.424. The van der Waals surface area contributed by atoms with Gasteiger partial charge >= 0.3 is 0 Å². The van der Waals surface area contributed by atoms with Crippen LogP contribution in [0.3, 0.4) is 0 Å². The number of carbonyl (C=O) groups excluding carboxylic acids is 1. The standard InChI is InChI=1S/C11H13N3O5S/c1-6-9(11(15)13-7-2-3-7)4-8(14(16)17)5-10(6)20(12,18)19/h4-5,7H,2-3H2,1H3,(H,13,15)(H2,12,18,19). The van der Waals surface area contributed by atoms with Crippen molar-refractivity contribution in [3.8, 4) is 0 Å². The number of primary sulfonamides is 1. The van der Waals surface area contributed by atoms with Crippen LogP contribution >= 0.6 is 0 Å². The van der Waals surface area contributed by atoms with Gasteiger partial charge in [-0.25, -0.2) is 13.6 Å².